The molecule has 0 N–H and O–H groups in total. The van der Waals surface area contributed by atoms with Crippen LogP contribution in [-0.2, 0) is 28.6 Å². The van der Waals surface area contributed by atoms with Crippen molar-refractivity contribution in [3.05, 3.63) is 72.9 Å². The molecule has 0 aliphatic heterocycles. The number of ether oxygens (including phenoxy) is 3. The lowest BCUT2D eigenvalue weighted by atomic mass is 10.1. The van der Waals surface area contributed by atoms with E-state index < -0.39 is 6.10 Å². The number of hydrogen-bond acceptors (Lipinski definition) is 6. The Morgan fingerprint density at radius 2 is 0.639 bits per heavy atom. The van der Waals surface area contributed by atoms with Crippen molar-refractivity contribution in [2.45, 2.75) is 245 Å². The maximum absolute atomic E-state index is 12.8. The van der Waals surface area contributed by atoms with Crippen LogP contribution in [0, 0.1) is 0 Å². The summed E-state index contributed by atoms with van der Waals surface area (Å²) in [5.74, 6) is -0.930. The first kappa shape index (κ1) is 57.9. The summed E-state index contributed by atoms with van der Waals surface area (Å²) in [6.45, 7) is 6.46. The van der Waals surface area contributed by atoms with Crippen LogP contribution < -0.4 is 0 Å². The summed E-state index contributed by atoms with van der Waals surface area (Å²) in [6.07, 6.45) is 61.7. The first-order valence-electron chi connectivity index (χ1n) is 25.4. The lowest BCUT2D eigenvalue weighted by molar-refractivity contribution is -0.167. The molecule has 0 heterocycles. The van der Waals surface area contributed by atoms with E-state index in [1.165, 1.54) is 89.9 Å². The largest absolute Gasteiger partial charge is 0.462 e. The third-order valence-electron chi connectivity index (χ3n) is 10.7. The minimum atomic E-state index is -0.790. The number of allylic oxidation sites excluding steroid dienone is 12. The van der Waals surface area contributed by atoms with Crippen molar-refractivity contribution in [1.29, 1.82) is 0 Å². The molecule has 0 aromatic rings. The zero-order chi connectivity index (χ0) is 44.4. The second-order valence-electron chi connectivity index (χ2n) is 16.7. The number of carbonyl (C=O) groups is 3. The maximum atomic E-state index is 12.8. The van der Waals surface area contributed by atoms with Gasteiger partial charge in [0, 0.05) is 19.3 Å². The zero-order valence-corrected chi connectivity index (χ0v) is 39.9. The molecule has 0 amide bonds. The number of hydrogen-bond donors (Lipinski definition) is 0. The van der Waals surface area contributed by atoms with E-state index in [0.29, 0.717) is 19.3 Å². The topological polar surface area (TPSA) is 78.9 Å². The highest BCUT2D eigenvalue weighted by atomic mass is 16.6. The number of esters is 3. The van der Waals surface area contributed by atoms with E-state index >= 15 is 0 Å². The predicted molar refractivity (Wildman–Crippen MR) is 261 cm³/mol. The summed E-state index contributed by atoms with van der Waals surface area (Å²) < 4.78 is 16.7. The standard InChI is InChI=1S/C55H94O6/c1-4-7-10-13-16-19-22-24-25-26-27-28-29-31-33-36-39-42-45-48-54(57)60-51-52(50-59-53(56)47-44-41-38-35-32-21-18-15-12-9-6-3)61-55(58)49-46-43-40-37-34-30-23-20-17-14-11-8-5-2/h7,10,16,19-20,23-25,27-28,31,33,52H,4-6,8-9,11-15,17-18,21-22,26,29-30,32,34-51H2,1-3H3/b10-7-,19-16-,23-20-,25-24-,28-27-,33-31-. The highest BCUT2D eigenvalue weighted by Crippen LogP contribution is 2.14. The Bertz CT molecular complexity index is 1160. The summed E-state index contributed by atoms with van der Waals surface area (Å²) in [6, 6.07) is 0. The van der Waals surface area contributed by atoms with Crippen LogP contribution in [0.1, 0.15) is 239 Å². The van der Waals surface area contributed by atoms with Crippen LogP contribution in [0.15, 0.2) is 72.9 Å². The molecule has 0 fully saturated rings. The molecule has 0 aliphatic rings. The second-order valence-corrected chi connectivity index (χ2v) is 16.7. The summed E-state index contributed by atoms with van der Waals surface area (Å²) >= 11 is 0. The molecule has 0 bridgehead atoms. The summed E-state index contributed by atoms with van der Waals surface area (Å²) in [5.41, 5.74) is 0. The first-order chi connectivity index (χ1) is 30.0. The van der Waals surface area contributed by atoms with E-state index in [0.717, 1.165) is 109 Å². The zero-order valence-electron chi connectivity index (χ0n) is 39.9. The van der Waals surface area contributed by atoms with E-state index in [9.17, 15) is 14.4 Å². The van der Waals surface area contributed by atoms with Gasteiger partial charge in [-0.3, -0.25) is 14.4 Å². The Morgan fingerprint density at radius 3 is 1.05 bits per heavy atom. The minimum Gasteiger partial charge on any atom is -0.462 e. The highest BCUT2D eigenvalue weighted by Gasteiger charge is 2.19. The Morgan fingerprint density at radius 1 is 0.344 bits per heavy atom. The molecule has 1 atom stereocenters. The van der Waals surface area contributed by atoms with Crippen molar-refractivity contribution < 1.29 is 28.6 Å². The van der Waals surface area contributed by atoms with E-state index in [2.05, 4.69) is 93.7 Å². The number of unbranched alkanes of at least 4 members (excludes halogenated alkanes) is 22. The fraction of sp³-hybridized carbons (Fsp3) is 0.727. The van der Waals surface area contributed by atoms with Crippen LogP contribution in [-0.4, -0.2) is 37.2 Å². The van der Waals surface area contributed by atoms with Crippen molar-refractivity contribution >= 4 is 17.9 Å². The first-order valence-corrected chi connectivity index (χ1v) is 25.4. The minimum absolute atomic E-state index is 0.0880. The van der Waals surface area contributed by atoms with Gasteiger partial charge in [0.25, 0.3) is 0 Å². The predicted octanol–water partition coefficient (Wildman–Crippen LogP) is 16.6. The fourth-order valence-electron chi connectivity index (χ4n) is 6.87. The van der Waals surface area contributed by atoms with Gasteiger partial charge in [0.1, 0.15) is 13.2 Å². The molecule has 350 valence electrons. The van der Waals surface area contributed by atoms with Gasteiger partial charge < -0.3 is 14.2 Å². The molecule has 0 aliphatic carbocycles. The molecular formula is C55H94O6. The summed E-state index contributed by atoms with van der Waals surface area (Å²) in [4.78, 5) is 37.9. The van der Waals surface area contributed by atoms with Gasteiger partial charge in [-0.15, -0.1) is 0 Å². The van der Waals surface area contributed by atoms with Crippen LogP contribution in [0.3, 0.4) is 0 Å². The molecule has 0 aromatic carbocycles. The lowest BCUT2D eigenvalue weighted by Crippen LogP contribution is -2.30. The Hall–Kier alpha value is -3.15. The Balaban J connectivity index is 4.42. The van der Waals surface area contributed by atoms with Gasteiger partial charge >= 0.3 is 17.9 Å². The molecule has 0 rings (SSSR count). The van der Waals surface area contributed by atoms with Crippen molar-refractivity contribution in [1.82, 2.24) is 0 Å². The van der Waals surface area contributed by atoms with Crippen LogP contribution in [0.25, 0.3) is 0 Å². The van der Waals surface area contributed by atoms with E-state index in [4.69, 9.17) is 14.2 Å². The van der Waals surface area contributed by atoms with Crippen molar-refractivity contribution in [2.75, 3.05) is 13.2 Å². The third kappa shape index (κ3) is 47.7. The maximum Gasteiger partial charge on any atom is 0.306 e. The molecule has 6 nitrogen and oxygen atoms in total. The monoisotopic (exact) mass is 851 g/mol. The third-order valence-corrected chi connectivity index (χ3v) is 10.7. The van der Waals surface area contributed by atoms with Crippen molar-refractivity contribution in [3.63, 3.8) is 0 Å². The molecule has 6 heteroatoms. The fourth-order valence-corrected chi connectivity index (χ4v) is 6.87. The van der Waals surface area contributed by atoms with Crippen molar-refractivity contribution in [2.24, 2.45) is 0 Å². The SMILES string of the molecule is CC/C=C\C/C=C\C/C=C\C/C=C\C/C=C\CCCCCC(=O)OCC(COC(=O)CCCCCCCCCCCCC)OC(=O)CCCCCCC/C=C\CCCCCC. The van der Waals surface area contributed by atoms with Gasteiger partial charge in [-0.05, 0) is 89.9 Å². The molecular weight excluding hydrogens is 757 g/mol. The van der Waals surface area contributed by atoms with Crippen LogP contribution >= 0.6 is 0 Å². The number of carbonyl (C=O) groups excluding carboxylic acids is 3. The molecule has 0 saturated heterocycles. The van der Waals surface area contributed by atoms with E-state index in [-0.39, 0.29) is 31.1 Å². The average molecular weight is 851 g/mol. The Labute approximate surface area is 376 Å². The molecule has 61 heavy (non-hydrogen) atoms. The van der Waals surface area contributed by atoms with Gasteiger partial charge in [0.2, 0.25) is 0 Å². The number of rotatable bonds is 45. The summed E-state index contributed by atoms with van der Waals surface area (Å²) in [7, 11) is 0. The van der Waals surface area contributed by atoms with Gasteiger partial charge in [0.15, 0.2) is 6.10 Å². The van der Waals surface area contributed by atoms with Crippen LogP contribution in [0.4, 0.5) is 0 Å². The molecule has 0 spiro atoms. The quantitative estimate of drug-likeness (QED) is 0.0263. The Kier molecular flexibility index (Phi) is 46.9. The summed E-state index contributed by atoms with van der Waals surface area (Å²) in [5, 5.41) is 0. The molecule has 0 saturated carbocycles. The van der Waals surface area contributed by atoms with Crippen LogP contribution in [0.2, 0.25) is 0 Å². The van der Waals surface area contributed by atoms with Gasteiger partial charge in [0.05, 0.1) is 0 Å². The normalized spacial score (nSPS) is 12.6. The van der Waals surface area contributed by atoms with E-state index in [1.54, 1.807) is 0 Å². The van der Waals surface area contributed by atoms with E-state index in [1.807, 2.05) is 0 Å². The van der Waals surface area contributed by atoms with Crippen LogP contribution in [0.5, 0.6) is 0 Å². The average Bonchev–Trinajstić information content (AvgIpc) is 3.26. The van der Waals surface area contributed by atoms with Crippen molar-refractivity contribution in [3.8, 4) is 0 Å². The van der Waals surface area contributed by atoms with Gasteiger partial charge in [-0.2, -0.15) is 0 Å². The molecule has 0 aromatic heterocycles. The van der Waals surface area contributed by atoms with Gasteiger partial charge in [-0.25, -0.2) is 0 Å². The second kappa shape index (κ2) is 49.5. The highest BCUT2D eigenvalue weighted by molar-refractivity contribution is 5.71. The molecule has 1 unspecified atom stereocenters. The lowest BCUT2D eigenvalue weighted by Gasteiger charge is -2.18. The smallest absolute Gasteiger partial charge is 0.306 e. The molecule has 0 radical (unpaired) electrons. The van der Waals surface area contributed by atoms with Gasteiger partial charge in [-0.1, -0.05) is 203 Å².